The van der Waals surface area contributed by atoms with Gasteiger partial charge in [-0.1, -0.05) is 0 Å². The third kappa shape index (κ3) is 2.78. The molecule has 21 heavy (non-hydrogen) atoms. The van der Waals surface area contributed by atoms with E-state index in [1.807, 2.05) is 9.58 Å². The first kappa shape index (κ1) is 14.8. The van der Waals surface area contributed by atoms with Crippen molar-refractivity contribution in [2.45, 2.75) is 49.9 Å². The molecule has 0 spiro atoms. The van der Waals surface area contributed by atoms with Crippen molar-refractivity contribution in [2.24, 2.45) is 0 Å². The number of nitrogens with zero attached hydrogens (tertiary/aromatic N) is 4. The quantitative estimate of drug-likeness (QED) is 0.900. The van der Waals surface area contributed by atoms with Crippen molar-refractivity contribution in [1.82, 2.24) is 19.7 Å². The maximum Gasteiger partial charge on any atom is 0.417 e. The molecule has 1 aromatic heterocycles. The van der Waals surface area contributed by atoms with Crippen molar-refractivity contribution in [3.05, 3.63) is 12.2 Å². The largest absolute Gasteiger partial charge is 0.417 e. The van der Waals surface area contributed by atoms with Crippen LogP contribution in [0.1, 0.15) is 37.5 Å². The van der Waals surface area contributed by atoms with Crippen molar-refractivity contribution < 1.29 is 18.3 Å². The Morgan fingerprint density at radius 2 is 2.14 bits per heavy atom. The number of hydrogen-bond donors (Lipinski definition) is 1. The Balaban J connectivity index is 1.62. The maximum atomic E-state index is 12.9. The monoisotopic (exact) mass is 304 g/mol. The summed E-state index contributed by atoms with van der Waals surface area (Å²) in [4.78, 5) is 6.16. The normalized spacial score (nSPS) is 31.1. The lowest BCUT2D eigenvalue weighted by atomic mass is 9.94. The second-order valence-electron chi connectivity index (χ2n) is 6.00. The van der Waals surface area contributed by atoms with Crippen LogP contribution in [0.4, 0.5) is 13.2 Å². The first-order chi connectivity index (χ1) is 9.89. The number of likely N-dealkylation sites (tertiary alicyclic amines) is 1. The van der Waals surface area contributed by atoms with Gasteiger partial charge in [0.2, 0.25) is 0 Å². The highest BCUT2D eigenvalue weighted by molar-refractivity contribution is 4.97. The predicted octanol–water partition coefficient (Wildman–Crippen LogP) is 1.54. The van der Waals surface area contributed by atoms with Gasteiger partial charge in [0.05, 0.1) is 6.04 Å². The molecule has 118 valence electrons. The molecule has 1 fully saturated rings. The molecule has 1 N–H and O–H groups in total. The van der Waals surface area contributed by atoms with Crippen LogP contribution in [0.3, 0.4) is 0 Å². The summed E-state index contributed by atoms with van der Waals surface area (Å²) in [7, 11) is 0. The summed E-state index contributed by atoms with van der Waals surface area (Å²) in [5, 5.41) is 14.0. The summed E-state index contributed by atoms with van der Waals surface area (Å²) in [6.07, 6.45) is -1.35. The molecule has 5 nitrogen and oxygen atoms in total. The van der Waals surface area contributed by atoms with Crippen LogP contribution < -0.4 is 0 Å². The van der Waals surface area contributed by atoms with Gasteiger partial charge in [-0.15, -0.1) is 0 Å². The van der Waals surface area contributed by atoms with Gasteiger partial charge in [0.1, 0.15) is 12.2 Å². The summed E-state index contributed by atoms with van der Waals surface area (Å²) in [6.45, 7) is 1.51. The fraction of sp³-hybridized carbons (Fsp3) is 0.846. The second-order valence-corrected chi connectivity index (χ2v) is 6.00. The van der Waals surface area contributed by atoms with Gasteiger partial charge in [0.15, 0.2) is 5.60 Å². The summed E-state index contributed by atoms with van der Waals surface area (Å²) in [6, 6.07) is 0.180. The molecule has 8 heteroatoms. The molecule has 2 aliphatic rings. The standard InChI is InChI=1S/C13H19F3N4O/c14-13(15,16)12(21)4-1-6-19(7-5-12)8-10-2-3-11-17-9-18-20(10)11/h9-10,21H,1-8H2. The van der Waals surface area contributed by atoms with Crippen molar-refractivity contribution in [2.75, 3.05) is 19.6 Å². The molecular formula is C13H19F3N4O. The zero-order valence-corrected chi connectivity index (χ0v) is 11.7. The Morgan fingerprint density at radius 3 is 2.90 bits per heavy atom. The molecule has 0 aliphatic carbocycles. The molecule has 0 radical (unpaired) electrons. The van der Waals surface area contributed by atoms with Gasteiger partial charge in [0, 0.05) is 19.5 Å². The first-order valence-electron chi connectivity index (χ1n) is 7.29. The number of fused-ring (bicyclic) bond motifs is 1. The summed E-state index contributed by atoms with van der Waals surface area (Å²) >= 11 is 0. The lowest BCUT2D eigenvalue weighted by Gasteiger charge is -2.29. The Bertz CT molecular complexity index is 504. The van der Waals surface area contributed by atoms with Crippen LogP contribution in [0.5, 0.6) is 0 Å². The molecule has 3 rings (SSSR count). The van der Waals surface area contributed by atoms with Gasteiger partial charge in [0.25, 0.3) is 0 Å². The van der Waals surface area contributed by atoms with E-state index in [-0.39, 0.29) is 25.4 Å². The average Bonchev–Trinajstić information content (AvgIpc) is 2.94. The van der Waals surface area contributed by atoms with E-state index in [2.05, 4.69) is 10.1 Å². The Hall–Kier alpha value is -1.15. The van der Waals surface area contributed by atoms with Crippen molar-refractivity contribution >= 4 is 0 Å². The number of rotatable bonds is 2. The first-order valence-corrected chi connectivity index (χ1v) is 7.29. The van der Waals surface area contributed by atoms with Gasteiger partial charge in [-0.05, 0) is 32.2 Å². The van der Waals surface area contributed by atoms with Crippen molar-refractivity contribution in [3.63, 3.8) is 0 Å². The summed E-state index contributed by atoms with van der Waals surface area (Å²) in [5.41, 5.74) is -2.53. The minimum Gasteiger partial charge on any atom is -0.380 e. The summed E-state index contributed by atoms with van der Waals surface area (Å²) in [5.74, 6) is 0.946. The molecule has 1 saturated heterocycles. The Labute approximate surface area is 120 Å². The van der Waals surface area contributed by atoms with E-state index in [0.717, 1.165) is 18.7 Å². The predicted molar refractivity (Wildman–Crippen MR) is 68.7 cm³/mol. The fourth-order valence-electron chi connectivity index (χ4n) is 3.28. The number of alkyl halides is 3. The third-order valence-electron chi connectivity index (χ3n) is 4.60. The van der Waals surface area contributed by atoms with Crippen LogP contribution in [0.15, 0.2) is 6.33 Å². The molecular weight excluding hydrogens is 285 g/mol. The second kappa shape index (κ2) is 5.24. The van der Waals surface area contributed by atoms with Crippen LogP contribution in [0, 0.1) is 0 Å². The number of halogens is 3. The Kier molecular flexibility index (Phi) is 3.69. The number of hydrogen-bond acceptors (Lipinski definition) is 4. The topological polar surface area (TPSA) is 54.2 Å². The van der Waals surface area contributed by atoms with Gasteiger partial charge >= 0.3 is 6.18 Å². The molecule has 0 saturated carbocycles. The van der Waals surface area contributed by atoms with E-state index in [0.29, 0.717) is 19.5 Å². The lowest BCUT2D eigenvalue weighted by molar-refractivity contribution is -0.263. The molecule has 0 amide bonds. The highest BCUT2D eigenvalue weighted by atomic mass is 19.4. The van der Waals surface area contributed by atoms with Crippen molar-refractivity contribution in [1.29, 1.82) is 0 Å². The minimum absolute atomic E-state index is 0.180. The fourth-order valence-corrected chi connectivity index (χ4v) is 3.28. The zero-order chi connectivity index (χ0) is 15.1. The van der Waals surface area contributed by atoms with E-state index in [4.69, 9.17) is 0 Å². The smallest absolute Gasteiger partial charge is 0.380 e. The van der Waals surface area contributed by atoms with Gasteiger partial charge in [-0.25, -0.2) is 9.67 Å². The molecule has 0 aromatic carbocycles. The van der Waals surface area contributed by atoms with Crippen LogP contribution in [0.2, 0.25) is 0 Å². The van der Waals surface area contributed by atoms with Gasteiger partial charge < -0.3 is 10.0 Å². The van der Waals surface area contributed by atoms with Crippen LogP contribution >= 0.6 is 0 Å². The van der Waals surface area contributed by atoms with Crippen LogP contribution in [-0.2, 0) is 6.42 Å². The third-order valence-corrected chi connectivity index (χ3v) is 4.60. The maximum absolute atomic E-state index is 12.9. The Morgan fingerprint density at radius 1 is 1.33 bits per heavy atom. The lowest BCUT2D eigenvalue weighted by Crippen LogP contribution is -2.45. The molecule has 1 aromatic rings. The number of aromatic nitrogens is 3. The average molecular weight is 304 g/mol. The molecule has 2 atom stereocenters. The molecule has 0 bridgehead atoms. The van der Waals surface area contributed by atoms with Gasteiger partial charge in [-0.2, -0.15) is 18.3 Å². The van der Waals surface area contributed by atoms with Gasteiger partial charge in [-0.3, -0.25) is 0 Å². The van der Waals surface area contributed by atoms with E-state index in [1.54, 1.807) is 0 Å². The highest BCUT2D eigenvalue weighted by Gasteiger charge is 2.53. The zero-order valence-electron chi connectivity index (χ0n) is 11.7. The summed E-state index contributed by atoms with van der Waals surface area (Å²) < 4.78 is 40.6. The number of aryl methyl sites for hydroxylation is 1. The van der Waals surface area contributed by atoms with E-state index in [1.165, 1.54) is 6.33 Å². The van der Waals surface area contributed by atoms with E-state index < -0.39 is 11.8 Å². The molecule has 2 unspecified atom stereocenters. The van der Waals surface area contributed by atoms with Crippen LogP contribution in [-0.4, -0.2) is 56.2 Å². The molecule has 3 heterocycles. The van der Waals surface area contributed by atoms with Crippen LogP contribution in [0.25, 0.3) is 0 Å². The highest BCUT2D eigenvalue weighted by Crippen LogP contribution is 2.38. The van der Waals surface area contributed by atoms with E-state index >= 15 is 0 Å². The molecule has 2 aliphatic heterocycles. The van der Waals surface area contributed by atoms with Crippen molar-refractivity contribution in [3.8, 4) is 0 Å². The van der Waals surface area contributed by atoms with E-state index in [9.17, 15) is 18.3 Å². The minimum atomic E-state index is -4.55. The number of aliphatic hydroxyl groups is 1. The SMILES string of the molecule is OC1(C(F)(F)F)CCCN(CC2CCc3ncnn32)CC1.